The van der Waals surface area contributed by atoms with Gasteiger partial charge in [0, 0.05) is 18.6 Å². The van der Waals surface area contributed by atoms with Gasteiger partial charge in [-0.3, -0.25) is 0 Å². The molecular weight excluding hydrogens is 276 g/mol. The summed E-state index contributed by atoms with van der Waals surface area (Å²) >= 11 is 0. The van der Waals surface area contributed by atoms with Crippen LogP contribution in [0.15, 0.2) is 0 Å². The minimum absolute atomic E-state index is 0.142. The molecule has 1 saturated heterocycles. The Morgan fingerprint density at radius 2 is 2.00 bits per heavy atom. The van der Waals surface area contributed by atoms with Crippen LogP contribution in [0.5, 0.6) is 0 Å². The monoisotopic (exact) mass is 310 g/mol. The van der Waals surface area contributed by atoms with Crippen LogP contribution < -0.4 is 5.32 Å². The van der Waals surface area contributed by atoms with Crippen LogP contribution in [0.1, 0.15) is 73.1 Å². The summed E-state index contributed by atoms with van der Waals surface area (Å²) in [6, 6.07) is 0.968. The zero-order valence-corrected chi connectivity index (χ0v) is 15.1. The summed E-state index contributed by atoms with van der Waals surface area (Å²) in [6.07, 6.45) is 7.03. The molecule has 0 aromatic heterocycles. The summed E-state index contributed by atoms with van der Waals surface area (Å²) in [5.74, 6) is 0. The molecule has 0 bridgehead atoms. The molecule has 2 fully saturated rings. The fourth-order valence-electron chi connectivity index (χ4n) is 3.83. The first-order valence-electron chi connectivity index (χ1n) is 8.92. The van der Waals surface area contributed by atoms with Crippen molar-refractivity contribution in [2.24, 2.45) is 5.41 Å². The number of amides is 1. The lowest BCUT2D eigenvalue weighted by Gasteiger charge is -2.31. The van der Waals surface area contributed by atoms with E-state index in [1.165, 1.54) is 19.3 Å². The molecular formula is C18H34N2O2. The summed E-state index contributed by atoms with van der Waals surface area (Å²) in [7, 11) is 0. The SMILES string of the molecule is CC(C)(C)OC(=O)N1CCCC1CCNC1CCCC1(C)C. The van der Waals surface area contributed by atoms with Crippen LogP contribution >= 0.6 is 0 Å². The molecule has 0 radical (unpaired) electrons. The van der Waals surface area contributed by atoms with E-state index >= 15 is 0 Å². The second kappa shape index (κ2) is 6.77. The fraction of sp³-hybridized carbons (Fsp3) is 0.944. The molecule has 0 aromatic carbocycles. The van der Waals surface area contributed by atoms with Gasteiger partial charge in [0.25, 0.3) is 0 Å². The van der Waals surface area contributed by atoms with E-state index in [4.69, 9.17) is 4.74 Å². The highest BCUT2D eigenvalue weighted by molar-refractivity contribution is 5.68. The first-order valence-corrected chi connectivity index (χ1v) is 8.92. The van der Waals surface area contributed by atoms with Gasteiger partial charge in [-0.2, -0.15) is 0 Å². The molecule has 2 rings (SSSR count). The highest BCUT2D eigenvalue weighted by Crippen LogP contribution is 2.37. The summed E-state index contributed by atoms with van der Waals surface area (Å²) in [4.78, 5) is 14.2. The molecule has 1 saturated carbocycles. The quantitative estimate of drug-likeness (QED) is 0.855. The van der Waals surface area contributed by atoms with Gasteiger partial charge in [0.15, 0.2) is 0 Å². The maximum atomic E-state index is 12.3. The summed E-state index contributed by atoms with van der Waals surface area (Å²) < 4.78 is 5.53. The third-order valence-corrected chi connectivity index (χ3v) is 5.13. The Labute approximate surface area is 136 Å². The Morgan fingerprint density at radius 1 is 1.27 bits per heavy atom. The fourth-order valence-corrected chi connectivity index (χ4v) is 3.83. The predicted octanol–water partition coefficient (Wildman–Crippen LogP) is 3.94. The molecule has 2 unspecified atom stereocenters. The minimum Gasteiger partial charge on any atom is -0.444 e. The van der Waals surface area contributed by atoms with Crippen molar-refractivity contribution in [3.05, 3.63) is 0 Å². The molecule has 22 heavy (non-hydrogen) atoms. The summed E-state index contributed by atoms with van der Waals surface area (Å²) in [5.41, 5.74) is 0.0108. The molecule has 2 aliphatic rings. The Kier molecular flexibility index (Phi) is 5.41. The standard InChI is InChI=1S/C18H34N2O2/c1-17(2,3)22-16(21)20-13-7-8-14(20)10-12-19-15-9-6-11-18(15,4)5/h14-15,19H,6-13H2,1-5H3. The Hall–Kier alpha value is -0.770. The van der Waals surface area contributed by atoms with E-state index in [1.54, 1.807) is 0 Å². The van der Waals surface area contributed by atoms with E-state index in [0.717, 1.165) is 32.4 Å². The van der Waals surface area contributed by atoms with Crippen molar-refractivity contribution in [1.29, 1.82) is 0 Å². The van der Waals surface area contributed by atoms with Crippen LogP contribution in [0.25, 0.3) is 0 Å². The molecule has 1 aliphatic carbocycles. The number of hydrogen-bond donors (Lipinski definition) is 1. The van der Waals surface area contributed by atoms with E-state index in [1.807, 2.05) is 25.7 Å². The number of rotatable bonds is 4. The molecule has 0 spiro atoms. The molecule has 2 atom stereocenters. The topological polar surface area (TPSA) is 41.6 Å². The van der Waals surface area contributed by atoms with Crippen molar-refractivity contribution in [2.45, 2.75) is 90.8 Å². The Morgan fingerprint density at radius 3 is 2.59 bits per heavy atom. The largest absolute Gasteiger partial charge is 0.444 e. The van der Waals surface area contributed by atoms with Crippen LogP contribution in [0.4, 0.5) is 4.79 Å². The number of nitrogens with zero attached hydrogens (tertiary/aromatic N) is 1. The number of ether oxygens (including phenoxy) is 1. The van der Waals surface area contributed by atoms with E-state index in [-0.39, 0.29) is 6.09 Å². The molecule has 1 aliphatic heterocycles. The van der Waals surface area contributed by atoms with E-state index in [2.05, 4.69) is 19.2 Å². The van der Waals surface area contributed by atoms with Crippen LogP contribution in [-0.4, -0.2) is 41.8 Å². The first-order chi connectivity index (χ1) is 10.2. The van der Waals surface area contributed by atoms with Gasteiger partial charge >= 0.3 is 6.09 Å². The van der Waals surface area contributed by atoms with Gasteiger partial charge in [0.2, 0.25) is 0 Å². The molecule has 1 N–H and O–H groups in total. The normalized spacial score (nSPS) is 28.1. The third kappa shape index (κ3) is 4.61. The summed E-state index contributed by atoms with van der Waals surface area (Å²) in [6.45, 7) is 12.4. The van der Waals surface area contributed by atoms with Crippen molar-refractivity contribution < 1.29 is 9.53 Å². The number of nitrogens with one attached hydrogen (secondary N) is 1. The zero-order chi connectivity index (χ0) is 16.4. The second-order valence-corrected chi connectivity index (χ2v) is 8.65. The minimum atomic E-state index is -0.406. The van der Waals surface area contributed by atoms with Crippen molar-refractivity contribution in [3.63, 3.8) is 0 Å². The number of carbonyl (C=O) groups is 1. The van der Waals surface area contributed by atoms with E-state index < -0.39 is 5.60 Å². The maximum Gasteiger partial charge on any atom is 0.410 e. The van der Waals surface area contributed by atoms with E-state index in [0.29, 0.717) is 17.5 Å². The van der Waals surface area contributed by atoms with Gasteiger partial charge in [-0.15, -0.1) is 0 Å². The average Bonchev–Trinajstić information content (AvgIpc) is 2.94. The van der Waals surface area contributed by atoms with Crippen molar-refractivity contribution in [1.82, 2.24) is 10.2 Å². The predicted molar refractivity (Wildman–Crippen MR) is 90.0 cm³/mol. The highest BCUT2D eigenvalue weighted by Gasteiger charge is 2.35. The lowest BCUT2D eigenvalue weighted by molar-refractivity contribution is 0.0219. The van der Waals surface area contributed by atoms with Crippen molar-refractivity contribution in [3.8, 4) is 0 Å². The lowest BCUT2D eigenvalue weighted by Crippen LogP contribution is -2.43. The van der Waals surface area contributed by atoms with Crippen LogP contribution in [0, 0.1) is 5.41 Å². The van der Waals surface area contributed by atoms with Crippen LogP contribution in [0.2, 0.25) is 0 Å². The second-order valence-electron chi connectivity index (χ2n) is 8.65. The van der Waals surface area contributed by atoms with Gasteiger partial charge in [0.1, 0.15) is 5.60 Å². The van der Waals surface area contributed by atoms with Crippen molar-refractivity contribution >= 4 is 6.09 Å². The molecule has 4 nitrogen and oxygen atoms in total. The van der Waals surface area contributed by atoms with Gasteiger partial charge in [-0.05, 0) is 64.8 Å². The maximum absolute atomic E-state index is 12.3. The lowest BCUT2D eigenvalue weighted by atomic mass is 9.87. The molecule has 4 heteroatoms. The van der Waals surface area contributed by atoms with Crippen molar-refractivity contribution in [2.75, 3.05) is 13.1 Å². The average molecular weight is 310 g/mol. The molecule has 0 aromatic rings. The van der Waals surface area contributed by atoms with Gasteiger partial charge < -0.3 is 15.0 Å². The zero-order valence-electron chi connectivity index (χ0n) is 15.1. The van der Waals surface area contributed by atoms with Gasteiger partial charge in [-0.25, -0.2) is 4.79 Å². The van der Waals surface area contributed by atoms with Crippen LogP contribution in [-0.2, 0) is 4.74 Å². The first kappa shape index (κ1) is 17.6. The van der Waals surface area contributed by atoms with Gasteiger partial charge in [-0.1, -0.05) is 20.3 Å². The number of carbonyl (C=O) groups excluding carboxylic acids is 1. The Bertz CT molecular complexity index is 387. The highest BCUT2D eigenvalue weighted by atomic mass is 16.6. The smallest absolute Gasteiger partial charge is 0.410 e. The molecule has 1 amide bonds. The molecule has 128 valence electrons. The Balaban J connectivity index is 1.78. The third-order valence-electron chi connectivity index (χ3n) is 5.13. The number of likely N-dealkylation sites (tertiary alicyclic amines) is 1. The van der Waals surface area contributed by atoms with Crippen LogP contribution in [0.3, 0.4) is 0 Å². The molecule has 1 heterocycles. The van der Waals surface area contributed by atoms with Gasteiger partial charge in [0.05, 0.1) is 0 Å². The summed E-state index contributed by atoms with van der Waals surface area (Å²) in [5, 5.41) is 3.73. The number of hydrogen-bond acceptors (Lipinski definition) is 3. The van der Waals surface area contributed by atoms with E-state index in [9.17, 15) is 4.79 Å².